The van der Waals surface area contributed by atoms with Crippen LogP contribution in [0.25, 0.3) is 0 Å². The molecule has 1 aromatic carbocycles. The number of imide groups is 1. The Kier molecular flexibility index (Phi) is 5.31. The molecule has 1 aliphatic rings. The van der Waals surface area contributed by atoms with Crippen molar-refractivity contribution in [2.24, 2.45) is 0 Å². The highest BCUT2D eigenvalue weighted by atomic mass is 16.2. The summed E-state index contributed by atoms with van der Waals surface area (Å²) in [5, 5.41) is 2.80. The fourth-order valence-electron chi connectivity index (χ4n) is 2.59. The maximum absolute atomic E-state index is 12.3. The van der Waals surface area contributed by atoms with E-state index in [2.05, 4.69) is 12.2 Å². The average molecular weight is 302 g/mol. The Bertz CT molecular complexity index is 548. The van der Waals surface area contributed by atoms with Crippen LogP contribution in [0.3, 0.4) is 0 Å². The summed E-state index contributed by atoms with van der Waals surface area (Å²) in [5.41, 5.74) is 0.741. The summed E-state index contributed by atoms with van der Waals surface area (Å²) in [6.07, 6.45) is 4.26. The molecule has 0 radical (unpaired) electrons. The molecule has 22 heavy (non-hydrogen) atoms. The van der Waals surface area contributed by atoms with Crippen molar-refractivity contribution in [1.82, 2.24) is 10.2 Å². The highest BCUT2D eigenvalue weighted by Gasteiger charge is 2.40. The van der Waals surface area contributed by atoms with Crippen molar-refractivity contribution in [2.45, 2.75) is 45.6 Å². The first-order valence-corrected chi connectivity index (χ1v) is 7.82. The number of carbonyl (C=O) groups excluding carboxylic acids is 3. The molecule has 0 saturated carbocycles. The van der Waals surface area contributed by atoms with Crippen molar-refractivity contribution in [3.63, 3.8) is 0 Å². The van der Waals surface area contributed by atoms with Gasteiger partial charge in [0, 0.05) is 6.54 Å². The molecule has 118 valence electrons. The van der Waals surface area contributed by atoms with Crippen molar-refractivity contribution >= 4 is 17.7 Å². The van der Waals surface area contributed by atoms with Crippen LogP contribution in [0.15, 0.2) is 24.3 Å². The summed E-state index contributed by atoms with van der Waals surface area (Å²) in [7, 11) is 0. The third-order valence-electron chi connectivity index (χ3n) is 3.92. The van der Waals surface area contributed by atoms with Gasteiger partial charge in [0.15, 0.2) is 0 Å². The molecule has 5 heteroatoms. The zero-order valence-electron chi connectivity index (χ0n) is 13.1. The molecule has 0 aromatic heterocycles. The number of fused-ring (bicyclic) bond motifs is 1. The molecule has 0 fully saturated rings. The zero-order valence-corrected chi connectivity index (χ0v) is 13.1. The topological polar surface area (TPSA) is 66.5 Å². The van der Waals surface area contributed by atoms with Gasteiger partial charge in [-0.25, -0.2) is 0 Å². The van der Waals surface area contributed by atoms with E-state index < -0.39 is 17.9 Å². The first kappa shape index (κ1) is 16.2. The third kappa shape index (κ3) is 3.18. The molecular weight excluding hydrogens is 280 g/mol. The van der Waals surface area contributed by atoms with E-state index in [1.807, 2.05) is 0 Å². The molecule has 1 N–H and O–H groups in total. The molecule has 3 amide bonds. The molecule has 1 aliphatic heterocycles. The van der Waals surface area contributed by atoms with Crippen molar-refractivity contribution in [3.05, 3.63) is 35.4 Å². The first-order chi connectivity index (χ1) is 10.6. The van der Waals surface area contributed by atoms with Crippen LogP contribution >= 0.6 is 0 Å². The maximum Gasteiger partial charge on any atom is 0.262 e. The highest BCUT2D eigenvalue weighted by molar-refractivity contribution is 6.22. The van der Waals surface area contributed by atoms with Gasteiger partial charge < -0.3 is 5.32 Å². The fourth-order valence-corrected chi connectivity index (χ4v) is 2.59. The van der Waals surface area contributed by atoms with Crippen LogP contribution in [-0.4, -0.2) is 35.2 Å². The monoisotopic (exact) mass is 302 g/mol. The SMILES string of the molecule is CCCCCCNC(=O)C(C)N1C(=O)c2ccccc2C1=O. The second-order valence-electron chi connectivity index (χ2n) is 5.55. The van der Waals surface area contributed by atoms with Crippen LogP contribution < -0.4 is 5.32 Å². The largest absolute Gasteiger partial charge is 0.354 e. The lowest BCUT2D eigenvalue weighted by atomic mass is 10.1. The Hall–Kier alpha value is -2.17. The molecular formula is C17H22N2O3. The Labute approximate surface area is 130 Å². The summed E-state index contributed by atoms with van der Waals surface area (Å²) in [5.74, 6) is -1.07. The van der Waals surface area contributed by atoms with E-state index in [0.717, 1.165) is 30.6 Å². The molecule has 0 aliphatic carbocycles. The Balaban J connectivity index is 1.96. The molecule has 0 saturated heterocycles. The summed E-state index contributed by atoms with van der Waals surface area (Å²) in [6, 6.07) is 5.87. The van der Waals surface area contributed by atoms with E-state index in [9.17, 15) is 14.4 Å². The summed E-state index contributed by atoms with van der Waals surface area (Å²) >= 11 is 0. The van der Waals surface area contributed by atoms with Crippen molar-refractivity contribution < 1.29 is 14.4 Å². The number of benzene rings is 1. The summed E-state index contributed by atoms with van der Waals surface area (Å²) in [4.78, 5) is 37.8. The highest BCUT2D eigenvalue weighted by Crippen LogP contribution is 2.24. The number of rotatable bonds is 7. The molecule has 5 nitrogen and oxygen atoms in total. The quantitative estimate of drug-likeness (QED) is 0.621. The normalized spacial score (nSPS) is 14.9. The molecule has 0 bridgehead atoms. The number of unbranched alkanes of at least 4 members (excludes halogenated alkanes) is 3. The molecule has 2 rings (SSSR count). The van der Waals surface area contributed by atoms with E-state index in [1.165, 1.54) is 0 Å². The van der Waals surface area contributed by atoms with Gasteiger partial charge >= 0.3 is 0 Å². The van der Waals surface area contributed by atoms with Crippen molar-refractivity contribution in [2.75, 3.05) is 6.54 Å². The number of nitrogens with one attached hydrogen (secondary N) is 1. The smallest absolute Gasteiger partial charge is 0.262 e. The number of hydrogen-bond acceptors (Lipinski definition) is 3. The minimum atomic E-state index is -0.793. The number of nitrogens with zero attached hydrogens (tertiary/aromatic N) is 1. The van der Waals surface area contributed by atoms with Crippen LogP contribution in [0, 0.1) is 0 Å². The van der Waals surface area contributed by atoms with Gasteiger partial charge in [0.05, 0.1) is 11.1 Å². The Morgan fingerprint density at radius 2 is 1.68 bits per heavy atom. The van der Waals surface area contributed by atoms with Crippen molar-refractivity contribution in [1.29, 1.82) is 0 Å². The molecule has 1 unspecified atom stereocenters. The van der Waals surface area contributed by atoms with Crippen LogP contribution in [0.2, 0.25) is 0 Å². The lowest BCUT2D eigenvalue weighted by Gasteiger charge is -2.21. The average Bonchev–Trinajstić information content (AvgIpc) is 2.78. The Morgan fingerprint density at radius 3 is 2.23 bits per heavy atom. The lowest BCUT2D eigenvalue weighted by Crippen LogP contribution is -2.48. The van der Waals surface area contributed by atoms with Crippen molar-refractivity contribution in [3.8, 4) is 0 Å². The number of hydrogen-bond donors (Lipinski definition) is 1. The maximum atomic E-state index is 12.3. The standard InChI is InChI=1S/C17H22N2O3/c1-3-4-5-8-11-18-15(20)12(2)19-16(21)13-9-6-7-10-14(13)17(19)22/h6-7,9-10,12H,3-5,8,11H2,1-2H3,(H,18,20). The van der Waals surface area contributed by atoms with Crippen LogP contribution in [0.5, 0.6) is 0 Å². The van der Waals surface area contributed by atoms with Gasteiger partial charge in [0.25, 0.3) is 11.8 Å². The number of amides is 3. The van der Waals surface area contributed by atoms with E-state index >= 15 is 0 Å². The first-order valence-electron chi connectivity index (χ1n) is 7.82. The molecule has 0 spiro atoms. The fraction of sp³-hybridized carbons (Fsp3) is 0.471. The van der Waals surface area contributed by atoms with Gasteiger partial charge in [-0.2, -0.15) is 0 Å². The third-order valence-corrected chi connectivity index (χ3v) is 3.92. The predicted molar refractivity (Wildman–Crippen MR) is 83.6 cm³/mol. The molecule has 1 aromatic rings. The van der Waals surface area contributed by atoms with E-state index in [-0.39, 0.29) is 5.91 Å². The van der Waals surface area contributed by atoms with Gasteiger partial charge in [-0.1, -0.05) is 38.3 Å². The van der Waals surface area contributed by atoms with E-state index in [0.29, 0.717) is 17.7 Å². The van der Waals surface area contributed by atoms with Gasteiger partial charge in [-0.15, -0.1) is 0 Å². The minimum Gasteiger partial charge on any atom is -0.354 e. The second kappa shape index (κ2) is 7.20. The minimum absolute atomic E-state index is 0.286. The van der Waals surface area contributed by atoms with E-state index in [4.69, 9.17) is 0 Å². The van der Waals surface area contributed by atoms with Gasteiger partial charge in [-0.05, 0) is 25.5 Å². The molecule has 1 heterocycles. The Morgan fingerprint density at radius 1 is 1.09 bits per heavy atom. The van der Waals surface area contributed by atoms with Crippen LogP contribution in [0.4, 0.5) is 0 Å². The van der Waals surface area contributed by atoms with Crippen LogP contribution in [-0.2, 0) is 4.79 Å². The zero-order chi connectivity index (χ0) is 16.1. The molecule has 1 atom stereocenters. The number of carbonyl (C=O) groups is 3. The van der Waals surface area contributed by atoms with Gasteiger partial charge in [0.2, 0.25) is 5.91 Å². The summed E-state index contributed by atoms with van der Waals surface area (Å²) < 4.78 is 0. The predicted octanol–water partition coefficient (Wildman–Crippen LogP) is 2.37. The lowest BCUT2D eigenvalue weighted by molar-refractivity contribution is -0.124. The van der Waals surface area contributed by atoms with Gasteiger partial charge in [0.1, 0.15) is 6.04 Å². The van der Waals surface area contributed by atoms with Gasteiger partial charge in [-0.3, -0.25) is 19.3 Å². The van der Waals surface area contributed by atoms with E-state index in [1.54, 1.807) is 31.2 Å². The van der Waals surface area contributed by atoms with Crippen LogP contribution in [0.1, 0.15) is 60.2 Å². The second-order valence-corrected chi connectivity index (χ2v) is 5.55. The summed E-state index contributed by atoms with van der Waals surface area (Å²) in [6.45, 7) is 4.29.